The summed E-state index contributed by atoms with van der Waals surface area (Å²) in [6.07, 6.45) is 0.286. The highest BCUT2D eigenvalue weighted by Gasteiger charge is 2.34. The molecule has 0 aliphatic heterocycles. The van der Waals surface area contributed by atoms with Gasteiger partial charge in [-0.3, -0.25) is 4.79 Å². The third-order valence-electron chi connectivity index (χ3n) is 6.00. The standard InChI is InChI=1S/C26H27N3O6/c1-26(2,3)22(23(30)27-12-20-21(24(31)32)28-14-35-20)29-25(33)34-13-19-17-10-6-4-8-15(17)16-9-5-7-11-18(16)19/h4-11,14,19,22H,12-13H2,1-3H3,(H,27,30)(H,29,33)(H,31,32)/t22-/m0/s1. The number of nitrogens with one attached hydrogen (secondary N) is 2. The number of nitrogens with zero attached hydrogens (tertiary/aromatic N) is 1. The molecule has 1 aromatic heterocycles. The molecule has 0 unspecified atom stereocenters. The number of aromatic carboxylic acids is 1. The molecule has 35 heavy (non-hydrogen) atoms. The van der Waals surface area contributed by atoms with E-state index in [1.165, 1.54) is 0 Å². The quantitative estimate of drug-likeness (QED) is 0.470. The maximum atomic E-state index is 12.9. The van der Waals surface area contributed by atoms with Crippen molar-refractivity contribution in [2.24, 2.45) is 5.41 Å². The van der Waals surface area contributed by atoms with Gasteiger partial charge in [-0.2, -0.15) is 0 Å². The molecular weight excluding hydrogens is 450 g/mol. The molecule has 0 spiro atoms. The van der Waals surface area contributed by atoms with Gasteiger partial charge in [0.25, 0.3) is 0 Å². The number of hydrogen-bond acceptors (Lipinski definition) is 6. The van der Waals surface area contributed by atoms with Crippen molar-refractivity contribution in [1.29, 1.82) is 0 Å². The van der Waals surface area contributed by atoms with Crippen LogP contribution >= 0.6 is 0 Å². The average molecular weight is 478 g/mol. The van der Waals surface area contributed by atoms with Gasteiger partial charge >= 0.3 is 12.1 Å². The molecule has 0 fully saturated rings. The highest BCUT2D eigenvalue weighted by atomic mass is 16.5. The Hall–Kier alpha value is -4.14. The number of carboxylic acid groups (broad SMARTS) is 1. The van der Waals surface area contributed by atoms with Crippen LogP contribution in [-0.2, 0) is 16.1 Å². The Morgan fingerprint density at radius 1 is 1.06 bits per heavy atom. The molecule has 1 aliphatic rings. The zero-order valence-corrected chi connectivity index (χ0v) is 19.7. The minimum Gasteiger partial charge on any atom is -0.476 e. The first-order chi connectivity index (χ1) is 16.7. The Morgan fingerprint density at radius 2 is 1.66 bits per heavy atom. The van der Waals surface area contributed by atoms with Crippen molar-refractivity contribution in [3.63, 3.8) is 0 Å². The fourth-order valence-corrected chi connectivity index (χ4v) is 4.27. The number of hydrogen-bond donors (Lipinski definition) is 3. The lowest BCUT2D eigenvalue weighted by molar-refractivity contribution is -0.125. The number of benzene rings is 2. The van der Waals surface area contributed by atoms with E-state index in [-0.39, 0.29) is 30.5 Å². The van der Waals surface area contributed by atoms with E-state index in [0.29, 0.717) is 0 Å². The van der Waals surface area contributed by atoms with Crippen LogP contribution in [0, 0.1) is 5.41 Å². The van der Waals surface area contributed by atoms with Gasteiger partial charge in [0.05, 0.1) is 6.54 Å². The van der Waals surface area contributed by atoms with Crippen LogP contribution in [0.4, 0.5) is 4.79 Å². The molecule has 0 bridgehead atoms. The molecule has 0 saturated carbocycles. The first-order valence-electron chi connectivity index (χ1n) is 11.2. The lowest BCUT2D eigenvalue weighted by Crippen LogP contribution is -2.53. The molecule has 0 saturated heterocycles. The molecule has 0 radical (unpaired) electrons. The van der Waals surface area contributed by atoms with Crippen LogP contribution in [0.2, 0.25) is 0 Å². The third kappa shape index (κ3) is 5.03. The van der Waals surface area contributed by atoms with Gasteiger partial charge in [0.15, 0.2) is 17.8 Å². The summed E-state index contributed by atoms with van der Waals surface area (Å²) in [6.45, 7) is 5.35. The Kier molecular flexibility index (Phi) is 6.59. The van der Waals surface area contributed by atoms with E-state index in [1.807, 2.05) is 36.4 Å². The van der Waals surface area contributed by atoms with Crippen LogP contribution in [0.25, 0.3) is 11.1 Å². The van der Waals surface area contributed by atoms with Crippen LogP contribution in [0.3, 0.4) is 0 Å². The maximum absolute atomic E-state index is 12.9. The summed E-state index contributed by atoms with van der Waals surface area (Å²) in [7, 11) is 0. The molecule has 4 rings (SSSR count). The van der Waals surface area contributed by atoms with E-state index < -0.39 is 29.4 Å². The third-order valence-corrected chi connectivity index (χ3v) is 6.00. The highest BCUT2D eigenvalue weighted by Crippen LogP contribution is 2.44. The largest absolute Gasteiger partial charge is 0.476 e. The molecular formula is C26H27N3O6. The molecule has 3 aromatic rings. The summed E-state index contributed by atoms with van der Waals surface area (Å²) >= 11 is 0. The van der Waals surface area contributed by atoms with Crippen molar-refractivity contribution in [2.45, 2.75) is 39.3 Å². The summed E-state index contributed by atoms with van der Waals surface area (Å²) in [5.74, 6) is -1.85. The summed E-state index contributed by atoms with van der Waals surface area (Å²) < 4.78 is 10.6. The molecule has 3 N–H and O–H groups in total. The number of ether oxygens (including phenoxy) is 1. The summed E-state index contributed by atoms with van der Waals surface area (Å²) in [6, 6.07) is 15.1. The van der Waals surface area contributed by atoms with Gasteiger partial charge < -0.3 is 24.9 Å². The predicted octanol–water partition coefficient (Wildman–Crippen LogP) is 3.94. The smallest absolute Gasteiger partial charge is 0.407 e. The number of oxazole rings is 1. The van der Waals surface area contributed by atoms with E-state index in [2.05, 4.69) is 27.8 Å². The van der Waals surface area contributed by atoms with Crippen molar-refractivity contribution in [3.8, 4) is 11.1 Å². The fraction of sp³-hybridized carbons (Fsp3) is 0.308. The fourth-order valence-electron chi connectivity index (χ4n) is 4.27. The Bertz CT molecular complexity index is 1210. The average Bonchev–Trinajstić information content (AvgIpc) is 3.42. The molecule has 9 nitrogen and oxygen atoms in total. The number of aromatic nitrogens is 1. The second kappa shape index (κ2) is 9.61. The molecule has 2 aromatic carbocycles. The van der Waals surface area contributed by atoms with Crippen molar-refractivity contribution < 1.29 is 28.6 Å². The first kappa shape index (κ1) is 24.0. The Morgan fingerprint density at radius 3 is 2.23 bits per heavy atom. The van der Waals surface area contributed by atoms with Crippen LogP contribution in [-0.4, -0.2) is 40.7 Å². The summed E-state index contributed by atoms with van der Waals surface area (Å²) in [5, 5.41) is 14.4. The van der Waals surface area contributed by atoms with Crippen LogP contribution < -0.4 is 10.6 Å². The lowest BCUT2D eigenvalue weighted by Gasteiger charge is -2.30. The predicted molar refractivity (Wildman–Crippen MR) is 127 cm³/mol. The van der Waals surface area contributed by atoms with Crippen molar-refractivity contribution in [2.75, 3.05) is 6.61 Å². The summed E-state index contributed by atoms with van der Waals surface area (Å²) in [5.41, 5.74) is 3.50. The van der Waals surface area contributed by atoms with E-state index in [4.69, 9.17) is 14.3 Å². The maximum Gasteiger partial charge on any atom is 0.407 e. The number of fused-ring (bicyclic) bond motifs is 3. The van der Waals surface area contributed by atoms with Crippen molar-refractivity contribution in [3.05, 3.63) is 77.5 Å². The van der Waals surface area contributed by atoms with Gasteiger partial charge in [0.1, 0.15) is 12.6 Å². The van der Waals surface area contributed by atoms with Gasteiger partial charge in [-0.15, -0.1) is 0 Å². The van der Waals surface area contributed by atoms with Crippen molar-refractivity contribution in [1.82, 2.24) is 15.6 Å². The van der Waals surface area contributed by atoms with Gasteiger partial charge in [-0.1, -0.05) is 69.3 Å². The first-order valence-corrected chi connectivity index (χ1v) is 11.2. The summed E-state index contributed by atoms with van der Waals surface area (Å²) in [4.78, 5) is 40.5. The monoisotopic (exact) mass is 477 g/mol. The number of alkyl carbamates (subject to hydrolysis) is 1. The Labute approximate surface area is 202 Å². The van der Waals surface area contributed by atoms with Gasteiger partial charge in [0, 0.05) is 5.92 Å². The number of carbonyl (C=O) groups excluding carboxylic acids is 2. The number of amides is 2. The number of carboxylic acids is 1. The number of carbonyl (C=O) groups is 3. The molecule has 182 valence electrons. The van der Waals surface area contributed by atoms with Crippen molar-refractivity contribution >= 4 is 18.0 Å². The Balaban J connectivity index is 1.41. The van der Waals surface area contributed by atoms with E-state index in [1.54, 1.807) is 20.8 Å². The van der Waals surface area contributed by atoms with Crippen LogP contribution in [0.15, 0.2) is 59.3 Å². The van der Waals surface area contributed by atoms with Crippen LogP contribution in [0.1, 0.15) is 54.1 Å². The van der Waals surface area contributed by atoms with E-state index >= 15 is 0 Å². The van der Waals surface area contributed by atoms with Crippen LogP contribution in [0.5, 0.6) is 0 Å². The molecule has 1 atom stereocenters. The minimum atomic E-state index is -1.26. The second-order valence-electron chi connectivity index (χ2n) is 9.42. The molecule has 9 heteroatoms. The van der Waals surface area contributed by atoms with Gasteiger partial charge in [-0.25, -0.2) is 14.6 Å². The molecule has 1 heterocycles. The van der Waals surface area contributed by atoms with Gasteiger partial charge in [0.2, 0.25) is 5.91 Å². The van der Waals surface area contributed by atoms with Gasteiger partial charge in [-0.05, 0) is 27.7 Å². The SMILES string of the molecule is CC(C)(C)[C@@H](NC(=O)OCC1c2ccccc2-c2ccccc21)C(=O)NCc1ocnc1C(=O)O. The normalized spacial score (nSPS) is 13.5. The highest BCUT2D eigenvalue weighted by molar-refractivity contribution is 5.88. The zero-order valence-electron chi connectivity index (χ0n) is 19.7. The number of rotatable bonds is 7. The zero-order chi connectivity index (χ0) is 25.2. The molecule has 2 amide bonds. The topological polar surface area (TPSA) is 131 Å². The van der Waals surface area contributed by atoms with E-state index in [0.717, 1.165) is 28.6 Å². The molecule has 1 aliphatic carbocycles. The van der Waals surface area contributed by atoms with E-state index in [9.17, 15) is 14.4 Å². The lowest BCUT2D eigenvalue weighted by atomic mass is 9.86. The second-order valence-corrected chi connectivity index (χ2v) is 9.42. The minimum absolute atomic E-state index is 0.0136.